The standard InChI is InChI=1S/C19H19Br/c1-11-7-13(3)19(14(4)8-11)16-6-5-15-17(16)9-12(2)10-18(15)20/h5-10,16H,1-4H3. The first-order chi connectivity index (χ1) is 9.47. The molecule has 1 heteroatoms. The maximum atomic E-state index is 3.70. The van der Waals surface area contributed by atoms with Crippen molar-refractivity contribution in [2.24, 2.45) is 0 Å². The Morgan fingerprint density at radius 1 is 0.850 bits per heavy atom. The van der Waals surface area contributed by atoms with E-state index in [4.69, 9.17) is 0 Å². The molecule has 0 saturated heterocycles. The molecule has 0 fully saturated rings. The van der Waals surface area contributed by atoms with Crippen LogP contribution in [0.2, 0.25) is 0 Å². The zero-order valence-corrected chi connectivity index (χ0v) is 14.0. The SMILES string of the molecule is Cc1cc(C)c(C2C=Cc3c(Br)cc(C)cc32)c(C)c1. The third-order valence-electron chi connectivity index (χ3n) is 4.15. The molecule has 0 amide bonds. The summed E-state index contributed by atoms with van der Waals surface area (Å²) in [5.74, 6) is 0.391. The lowest BCUT2D eigenvalue weighted by atomic mass is 9.85. The average Bonchev–Trinajstić information content (AvgIpc) is 2.72. The number of hydrogen-bond acceptors (Lipinski definition) is 0. The molecule has 0 aliphatic heterocycles. The van der Waals surface area contributed by atoms with E-state index in [-0.39, 0.29) is 0 Å². The first-order valence-electron chi connectivity index (χ1n) is 7.03. The highest BCUT2D eigenvalue weighted by Crippen LogP contribution is 2.41. The molecule has 2 aromatic rings. The summed E-state index contributed by atoms with van der Waals surface area (Å²) in [6.07, 6.45) is 4.59. The lowest BCUT2D eigenvalue weighted by Gasteiger charge is -2.19. The summed E-state index contributed by atoms with van der Waals surface area (Å²) in [5.41, 5.74) is 9.66. The van der Waals surface area contributed by atoms with Gasteiger partial charge in [0.15, 0.2) is 0 Å². The Hall–Kier alpha value is -1.34. The monoisotopic (exact) mass is 326 g/mol. The van der Waals surface area contributed by atoms with Crippen molar-refractivity contribution in [2.75, 3.05) is 0 Å². The van der Waals surface area contributed by atoms with Gasteiger partial charge < -0.3 is 0 Å². The molecular formula is C19H19Br. The predicted octanol–water partition coefficient (Wildman–Crippen LogP) is 5.84. The van der Waals surface area contributed by atoms with Crippen LogP contribution in [-0.2, 0) is 0 Å². The van der Waals surface area contributed by atoms with Crippen LogP contribution in [0.3, 0.4) is 0 Å². The largest absolute Gasteiger partial charge is 0.0720 e. The van der Waals surface area contributed by atoms with Crippen LogP contribution < -0.4 is 0 Å². The molecule has 0 radical (unpaired) electrons. The van der Waals surface area contributed by atoms with Gasteiger partial charge in [-0.05, 0) is 67.1 Å². The van der Waals surface area contributed by atoms with Crippen molar-refractivity contribution >= 4 is 22.0 Å². The summed E-state index contributed by atoms with van der Waals surface area (Å²) in [6.45, 7) is 8.79. The molecule has 0 bridgehead atoms. The second-order valence-corrected chi connectivity index (χ2v) is 6.75. The topological polar surface area (TPSA) is 0 Å². The summed E-state index contributed by atoms with van der Waals surface area (Å²) >= 11 is 3.70. The molecule has 3 rings (SSSR count). The Bertz CT molecular complexity index is 700. The van der Waals surface area contributed by atoms with E-state index in [0.29, 0.717) is 5.92 Å². The minimum atomic E-state index is 0.391. The van der Waals surface area contributed by atoms with Gasteiger partial charge >= 0.3 is 0 Å². The number of fused-ring (bicyclic) bond motifs is 1. The van der Waals surface area contributed by atoms with Gasteiger partial charge in [0.25, 0.3) is 0 Å². The molecule has 20 heavy (non-hydrogen) atoms. The molecule has 1 aliphatic carbocycles. The highest BCUT2D eigenvalue weighted by Gasteiger charge is 2.23. The molecule has 0 saturated carbocycles. The zero-order chi connectivity index (χ0) is 14.4. The number of allylic oxidation sites excluding steroid dienone is 1. The van der Waals surface area contributed by atoms with Crippen LogP contribution in [0.15, 0.2) is 34.8 Å². The Morgan fingerprint density at radius 3 is 2.10 bits per heavy atom. The molecule has 1 unspecified atom stereocenters. The Labute approximate surface area is 129 Å². The lowest BCUT2D eigenvalue weighted by Crippen LogP contribution is -2.03. The van der Waals surface area contributed by atoms with E-state index in [0.717, 1.165) is 0 Å². The fourth-order valence-corrected chi connectivity index (χ4v) is 4.17. The number of benzene rings is 2. The molecule has 1 aliphatic rings. The molecule has 0 N–H and O–H groups in total. The summed E-state index contributed by atoms with van der Waals surface area (Å²) in [4.78, 5) is 0. The van der Waals surface area contributed by atoms with Gasteiger partial charge in [-0.2, -0.15) is 0 Å². The van der Waals surface area contributed by atoms with E-state index in [2.05, 4.69) is 80.0 Å². The fourth-order valence-electron chi connectivity index (χ4n) is 3.44. The van der Waals surface area contributed by atoms with Gasteiger partial charge in [-0.25, -0.2) is 0 Å². The van der Waals surface area contributed by atoms with Crippen LogP contribution in [0, 0.1) is 27.7 Å². The maximum absolute atomic E-state index is 3.70. The van der Waals surface area contributed by atoms with Crippen LogP contribution >= 0.6 is 15.9 Å². The smallest absolute Gasteiger partial charge is 0.0284 e. The second-order valence-electron chi connectivity index (χ2n) is 5.90. The molecule has 0 spiro atoms. The van der Waals surface area contributed by atoms with Crippen LogP contribution in [-0.4, -0.2) is 0 Å². The van der Waals surface area contributed by atoms with E-state index in [1.165, 1.54) is 43.4 Å². The van der Waals surface area contributed by atoms with E-state index < -0.39 is 0 Å². The zero-order valence-electron chi connectivity index (χ0n) is 12.4. The summed E-state index contributed by atoms with van der Waals surface area (Å²) in [7, 11) is 0. The van der Waals surface area contributed by atoms with Crippen LogP contribution in [0.1, 0.15) is 44.9 Å². The van der Waals surface area contributed by atoms with Gasteiger partial charge in [-0.3, -0.25) is 0 Å². The quantitative estimate of drug-likeness (QED) is 0.617. The Balaban J connectivity index is 2.20. The Morgan fingerprint density at radius 2 is 1.45 bits per heavy atom. The summed E-state index contributed by atoms with van der Waals surface area (Å²) < 4.78 is 1.20. The normalized spacial score (nSPS) is 16.6. The first-order valence-corrected chi connectivity index (χ1v) is 7.82. The van der Waals surface area contributed by atoms with E-state index >= 15 is 0 Å². The second kappa shape index (κ2) is 4.89. The number of halogens is 1. The van der Waals surface area contributed by atoms with Crippen LogP contribution in [0.25, 0.3) is 6.08 Å². The van der Waals surface area contributed by atoms with Crippen molar-refractivity contribution in [3.05, 3.63) is 73.8 Å². The minimum absolute atomic E-state index is 0.391. The molecule has 0 heterocycles. The van der Waals surface area contributed by atoms with Gasteiger partial charge in [-0.1, -0.05) is 51.8 Å². The van der Waals surface area contributed by atoms with Crippen molar-refractivity contribution in [1.82, 2.24) is 0 Å². The van der Waals surface area contributed by atoms with Crippen LogP contribution in [0.5, 0.6) is 0 Å². The van der Waals surface area contributed by atoms with Crippen molar-refractivity contribution < 1.29 is 0 Å². The number of aryl methyl sites for hydroxylation is 4. The van der Waals surface area contributed by atoms with E-state index in [1.807, 2.05) is 0 Å². The molecule has 0 aromatic heterocycles. The average molecular weight is 327 g/mol. The molecule has 2 aromatic carbocycles. The van der Waals surface area contributed by atoms with Crippen molar-refractivity contribution in [2.45, 2.75) is 33.6 Å². The highest BCUT2D eigenvalue weighted by molar-refractivity contribution is 9.10. The molecule has 102 valence electrons. The number of rotatable bonds is 1. The lowest BCUT2D eigenvalue weighted by molar-refractivity contribution is 0.999. The summed E-state index contributed by atoms with van der Waals surface area (Å²) in [6, 6.07) is 9.10. The third-order valence-corrected chi connectivity index (χ3v) is 4.80. The predicted molar refractivity (Wildman–Crippen MR) is 90.4 cm³/mol. The van der Waals surface area contributed by atoms with Gasteiger partial charge in [0.2, 0.25) is 0 Å². The van der Waals surface area contributed by atoms with E-state index in [9.17, 15) is 0 Å². The third kappa shape index (κ3) is 2.14. The van der Waals surface area contributed by atoms with Crippen molar-refractivity contribution in [1.29, 1.82) is 0 Å². The van der Waals surface area contributed by atoms with Gasteiger partial charge in [0.1, 0.15) is 0 Å². The van der Waals surface area contributed by atoms with E-state index in [1.54, 1.807) is 0 Å². The molecule has 0 nitrogen and oxygen atoms in total. The van der Waals surface area contributed by atoms with Gasteiger partial charge in [0, 0.05) is 10.4 Å². The van der Waals surface area contributed by atoms with Crippen molar-refractivity contribution in [3.8, 4) is 0 Å². The molecule has 1 atom stereocenters. The Kier molecular flexibility index (Phi) is 3.33. The molecular weight excluding hydrogens is 308 g/mol. The first kappa shape index (κ1) is 13.6. The van der Waals surface area contributed by atoms with Gasteiger partial charge in [0.05, 0.1) is 0 Å². The van der Waals surface area contributed by atoms with Crippen LogP contribution in [0.4, 0.5) is 0 Å². The highest BCUT2D eigenvalue weighted by atomic mass is 79.9. The number of hydrogen-bond donors (Lipinski definition) is 0. The van der Waals surface area contributed by atoms with Gasteiger partial charge in [-0.15, -0.1) is 0 Å². The summed E-state index contributed by atoms with van der Waals surface area (Å²) in [5, 5.41) is 0. The fraction of sp³-hybridized carbons (Fsp3) is 0.263. The minimum Gasteiger partial charge on any atom is -0.0720 e. The maximum Gasteiger partial charge on any atom is 0.0284 e. The van der Waals surface area contributed by atoms with Crippen molar-refractivity contribution in [3.63, 3.8) is 0 Å².